The Bertz CT molecular complexity index is 727. The molecule has 0 radical (unpaired) electrons. The Balaban J connectivity index is 2.24. The third-order valence-corrected chi connectivity index (χ3v) is 3.89. The normalized spacial score (nSPS) is 12.7. The Kier molecular flexibility index (Phi) is 5.47. The lowest BCUT2D eigenvalue weighted by molar-refractivity contribution is 0.302. The molecular formula is C16H17BrO4S. The van der Waals surface area contributed by atoms with Crippen molar-refractivity contribution in [2.75, 3.05) is 6.26 Å². The maximum absolute atomic E-state index is 11.2. The number of alkyl halides is 1. The Morgan fingerprint density at radius 2 is 1.82 bits per heavy atom. The Morgan fingerprint density at radius 3 is 2.41 bits per heavy atom. The summed E-state index contributed by atoms with van der Waals surface area (Å²) in [4.78, 5) is 0.0746. The summed E-state index contributed by atoms with van der Waals surface area (Å²) >= 11 is 3.51. The summed E-state index contributed by atoms with van der Waals surface area (Å²) in [6, 6.07) is 14.8. The van der Waals surface area contributed by atoms with Gasteiger partial charge in [-0.15, -0.1) is 0 Å². The first-order chi connectivity index (χ1) is 10.3. The van der Waals surface area contributed by atoms with Crippen molar-refractivity contribution < 1.29 is 17.3 Å². The lowest BCUT2D eigenvalue weighted by Gasteiger charge is -2.15. The predicted molar refractivity (Wildman–Crippen MR) is 90.0 cm³/mol. The Morgan fingerprint density at radius 1 is 1.14 bits per heavy atom. The van der Waals surface area contributed by atoms with Gasteiger partial charge in [-0.2, -0.15) is 8.42 Å². The fourth-order valence-electron chi connectivity index (χ4n) is 1.93. The van der Waals surface area contributed by atoms with Crippen molar-refractivity contribution in [1.29, 1.82) is 0 Å². The average Bonchev–Trinajstić information content (AvgIpc) is 2.44. The summed E-state index contributed by atoms with van der Waals surface area (Å²) in [6.07, 6.45) is 1.01. The van der Waals surface area contributed by atoms with Gasteiger partial charge in [0.15, 0.2) is 0 Å². The van der Waals surface area contributed by atoms with Gasteiger partial charge in [0.25, 0.3) is 0 Å². The highest BCUT2D eigenvalue weighted by Crippen LogP contribution is 2.34. The summed E-state index contributed by atoms with van der Waals surface area (Å²) in [5.74, 6) is 0.830. The van der Waals surface area contributed by atoms with Gasteiger partial charge < -0.3 is 8.92 Å². The molecule has 0 spiro atoms. The molecule has 0 N–H and O–H groups in total. The molecule has 0 saturated carbocycles. The van der Waals surface area contributed by atoms with Crippen molar-refractivity contribution in [2.24, 2.45) is 0 Å². The van der Waals surface area contributed by atoms with Gasteiger partial charge in [0.05, 0.1) is 6.26 Å². The average molecular weight is 385 g/mol. The highest BCUT2D eigenvalue weighted by Gasteiger charge is 2.13. The smallest absolute Gasteiger partial charge is 0.306 e. The molecule has 4 nitrogen and oxygen atoms in total. The first-order valence-electron chi connectivity index (χ1n) is 6.69. The molecule has 22 heavy (non-hydrogen) atoms. The molecule has 2 aromatic carbocycles. The second kappa shape index (κ2) is 7.15. The Labute approximate surface area is 139 Å². The van der Waals surface area contributed by atoms with Crippen molar-refractivity contribution in [1.82, 2.24) is 0 Å². The minimum atomic E-state index is -3.56. The van der Waals surface area contributed by atoms with Gasteiger partial charge in [-0.05, 0) is 18.6 Å². The number of halogens is 1. The van der Waals surface area contributed by atoms with Gasteiger partial charge in [-0.3, -0.25) is 0 Å². The van der Waals surface area contributed by atoms with E-state index in [0.717, 1.165) is 17.4 Å². The minimum absolute atomic E-state index is 0.0746. The number of hydrogen-bond acceptors (Lipinski definition) is 4. The van der Waals surface area contributed by atoms with E-state index >= 15 is 0 Å². The standard InChI is InChI=1S/C16H17BrO4S/c1-12(17)15-9-8-14(21-22(2,18)19)10-16(15)20-11-13-6-4-3-5-7-13/h3-10,12H,11H2,1-2H3. The molecule has 0 amide bonds. The first kappa shape index (κ1) is 16.8. The van der Waals surface area contributed by atoms with Crippen molar-refractivity contribution in [3.63, 3.8) is 0 Å². The number of benzene rings is 2. The largest absolute Gasteiger partial charge is 0.488 e. The van der Waals surface area contributed by atoms with Crippen LogP contribution in [0.4, 0.5) is 0 Å². The van der Waals surface area contributed by atoms with Crippen LogP contribution in [-0.4, -0.2) is 14.7 Å². The van der Waals surface area contributed by atoms with Gasteiger partial charge in [-0.25, -0.2) is 0 Å². The highest BCUT2D eigenvalue weighted by atomic mass is 79.9. The number of rotatable bonds is 6. The van der Waals surface area contributed by atoms with Gasteiger partial charge in [0, 0.05) is 16.5 Å². The van der Waals surface area contributed by atoms with E-state index in [-0.39, 0.29) is 10.6 Å². The zero-order chi connectivity index (χ0) is 16.2. The van der Waals surface area contributed by atoms with Crippen LogP contribution in [0.5, 0.6) is 11.5 Å². The molecule has 0 bridgehead atoms. The summed E-state index contributed by atoms with van der Waals surface area (Å²) in [7, 11) is -3.56. The zero-order valence-electron chi connectivity index (χ0n) is 12.3. The lowest BCUT2D eigenvalue weighted by Crippen LogP contribution is -2.06. The molecule has 0 aliphatic heterocycles. The van der Waals surface area contributed by atoms with Crippen LogP contribution in [0.15, 0.2) is 48.5 Å². The zero-order valence-corrected chi connectivity index (χ0v) is 14.7. The molecule has 0 heterocycles. The van der Waals surface area contributed by atoms with E-state index in [1.54, 1.807) is 18.2 Å². The highest BCUT2D eigenvalue weighted by molar-refractivity contribution is 9.09. The Hall–Kier alpha value is -1.53. The van der Waals surface area contributed by atoms with E-state index in [9.17, 15) is 8.42 Å². The maximum atomic E-state index is 11.2. The molecule has 1 unspecified atom stereocenters. The van der Waals surface area contributed by atoms with Crippen molar-refractivity contribution >= 4 is 26.0 Å². The van der Waals surface area contributed by atoms with E-state index in [2.05, 4.69) is 15.9 Å². The van der Waals surface area contributed by atoms with Crippen LogP contribution in [0.3, 0.4) is 0 Å². The fraction of sp³-hybridized carbons (Fsp3) is 0.250. The number of ether oxygens (including phenoxy) is 1. The molecular weight excluding hydrogens is 368 g/mol. The molecule has 6 heteroatoms. The van der Waals surface area contributed by atoms with Crippen LogP contribution in [0.2, 0.25) is 0 Å². The molecule has 2 rings (SSSR count). The van der Waals surface area contributed by atoms with Gasteiger partial charge in [-0.1, -0.05) is 52.3 Å². The van der Waals surface area contributed by atoms with Gasteiger partial charge >= 0.3 is 10.1 Å². The van der Waals surface area contributed by atoms with E-state index in [1.807, 2.05) is 37.3 Å². The van der Waals surface area contributed by atoms with Crippen LogP contribution >= 0.6 is 15.9 Å². The predicted octanol–water partition coefficient (Wildman–Crippen LogP) is 4.06. The van der Waals surface area contributed by atoms with E-state index in [1.165, 1.54) is 0 Å². The SMILES string of the molecule is CC(Br)c1ccc(OS(C)(=O)=O)cc1OCc1ccccc1. The summed E-state index contributed by atoms with van der Waals surface area (Å²) in [6.45, 7) is 2.37. The molecule has 2 aromatic rings. The van der Waals surface area contributed by atoms with E-state index in [4.69, 9.17) is 8.92 Å². The third-order valence-electron chi connectivity index (χ3n) is 2.90. The lowest BCUT2D eigenvalue weighted by atomic mass is 10.1. The maximum Gasteiger partial charge on any atom is 0.306 e. The van der Waals surface area contributed by atoms with Crippen molar-refractivity contribution in [2.45, 2.75) is 18.4 Å². The minimum Gasteiger partial charge on any atom is -0.488 e. The molecule has 118 valence electrons. The topological polar surface area (TPSA) is 52.6 Å². The molecule has 1 atom stereocenters. The van der Waals surface area contributed by atoms with Crippen LogP contribution in [0.25, 0.3) is 0 Å². The summed E-state index contributed by atoms with van der Waals surface area (Å²) < 4.78 is 33.2. The monoisotopic (exact) mass is 384 g/mol. The molecule has 0 aliphatic carbocycles. The molecule has 0 aromatic heterocycles. The molecule has 0 aliphatic rings. The van der Waals surface area contributed by atoms with Gasteiger partial charge in [0.2, 0.25) is 0 Å². The quantitative estimate of drug-likeness (QED) is 0.556. The van der Waals surface area contributed by atoms with Crippen LogP contribution in [-0.2, 0) is 16.7 Å². The second-order valence-electron chi connectivity index (χ2n) is 4.88. The molecule has 0 fully saturated rings. The fourth-order valence-corrected chi connectivity index (χ4v) is 2.76. The van der Waals surface area contributed by atoms with Crippen molar-refractivity contribution in [3.8, 4) is 11.5 Å². The van der Waals surface area contributed by atoms with Crippen LogP contribution < -0.4 is 8.92 Å². The van der Waals surface area contributed by atoms with Crippen LogP contribution in [0, 0.1) is 0 Å². The van der Waals surface area contributed by atoms with Gasteiger partial charge in [0.1, 0.15) is 18.1 Å². The first-order valence-corrected chi connectivity index (χ1v) is 9.42. The summed E-state index contributed by atoms with van der Waals surface area (Å²) in [5, 5.41) is 0. The van der Waals surface area contributed by atoms with Crippen molar-refractivity contribution in [3.05, 3.63) is 59.7 Å². The van der Waals surface area contributed by atoms with E-state index < -0.39 is 10.1 Å². The second-order valence-corrected chi connectivity index (χ2v) is 7.83. The van der Waals surface area contributed by atoms with Crippen LogP contribution in [0.1, 0.15) is 22.9 Å². The van der Waals surface area contributed by atoms with E-state index in [0.29, 0.717) is 12.4 Å². The number of hydrogen-bond donors (Lipinski definition) is 0. The third kappa shape index (κ3) is 5.03. The molecule has 0 saturated heterocycles. The summed E-state index contributed by atoms with van der Waals surface area (Å²) in [5.41, 5.74) is 1.96.